The Kier molecular flexibility index (Phi) is 15.3. The van der Waals surface area contributed by atoms with Gasteiger partial charge in [-0.2, -0.15) is 0 Å². The number of rotatable bonds is 20. The second-order valence-electron chi connectivity index (χ2n) is 8.39. The number of carbonyl (C=O) groups is 1. The van der Waals surface area contributed by atoms with E-state index >= 15 is 0 Å². The lowest BCUT2D eigenvalue weighted by molar-refractivity contribution is -0.384. The van der Waals surface area contributed by atoms with Crippen molar-refractivity contribution in [2.24, 2.45) is 0 Å². The number of carboxylic acids is 1. The molecule has 0 radical (unpaired) electrons. The first kappa shape index (κ1) is 26.9. The lowest BCUT2D eigenvalue weighted by Crippen LogP contribution is -2.05. The highest BCUT2D eigenvalue weighted by Gasteiger charge is 2.16. The molecule has 1 aromatic rings. The quantitative estimate of drug-likeness (QED) is 0.127. The van der Waals surface area contributed by atoms with Crippen molar-refractivity contribution in [2.45, 2.75) is 110 Å². The molecule has 1 aromatic carbocycles. The number of ether oxygens (including phenoxy) is 1. The van der Waals surface area contributed by atoms with Gasteiger partial charge in [0, 0.05) is 12.1 Å². The van der Waals surface area contributed by atoms with E-state index in [1.807, 2.05) is 0 Å². The van der Waals surface area contributed by atoms with Crippen molar-refractivity contribution in [1.82, 2.24) is 0 Å². The van der Waals surface area contributed by atoms with Crippen LogP contribution in [0.3, 0.4) is 0 Å². The Balaban J connectivity index is 1.97. The van der Waals surface area contributed by atoms with Crippen LogP contribution in [0.5, 0.6) is 5.75 Å². The Bertz CT molecular complexity index is 632. The highest BCUT2D eigenvalue weighted by Crippen LogP contribution is 2.24. The van der Waals surface area contributed by atoms with Gasteiger partial charge in [-0.15, -0.1) is 0 Å². The standard InChI is InChI=1S/C25H41NO5/c1-2-3-4-5-6-7-8-9-10-11-12-13-14-15-16-17-20-31-24-19-18-22(26(29)30)21-23(24)25(27)28/h18-19,21H,2-17,20H2,1H3,(H,27,28). The molecule has 1 N–H and O–H groups in total. The molecule has 0 spiro atoms. The first-order valence-corrected chi connectivity index (χ1v) is 12.2. The molecule has 0 saturated carbocycles. The fourth-order valence-electron chi connectivity index (χ4n) is 3.76. The lowest BCUT2D eigenvalue weighted by atomic mass is 10.0. The molecule has 0 bridgehead atoms. The summed E-state index contributed by atoms with van der Waals surface area (Å²) < 4.78 is 5.55. The first-order chi connectivity index (χ1) is 15.1. The Morgan fingerprint density at radius 1 is 0.839 bits per heavy atom. The molecule has 0 heterocycles. The van der Waals surface area contributed by atoms with Gasteiger partial charge >= 0.3 is 5.97 Å². The minimum atomic E-state index is -1.22. The van der Waals surface area contributed by atoms with Crippen molar-refractivity contribution in [1.29, 1.82) is 0 Å². The summed E-state index contributed by atoms with van der Waals surface area (Å²) in [5, 5.41) is 20.0. The van der Waals surface area contributed by atoms with Gasteiger partial charge in [0.25, 0.3) is 5.69 Å². The van der Waals surface area contributed by atoms with Gasteiger partial charge in [-0.25, -0.2) is 4.79 Å². The Morgan fingerprint density at radius 3 is 1.71 bits per heavy atom. The predicted octanol–water partition coefficient (Wildman–Crippen LogP) is 7.93. The van der Waals surface area contributed by atoms with Crippen LogP contribution in [-0.2, 0) is 0 Å². The molecule has 6 nitrogen and oxygen atoms in total. The molecule has 176 valence electrons. The summed E-state index contributed by atoms with van der Waals surface area (Å²) in [6, 6.07) is 3.69. The van der Waals surface area contributed by atoms with Crippen LogP contribution in [0, 0.1) is 10.1 Å². The Labute approximate surface area is 187 Å². The summed E-state index contributed by atoms with van der Waals surface area (Å²) in [4.78, 5) is 21.5. The van der Waals surface area contributed by atoms with E-state index in [9.17, 15) is 20.0 Å². The molecule has 0 aliphatic rings. The van der Waals surface area contributed by atoms with Crippen molar-refractivity contribution in [3.8, 4) is 5.75 Å². The topological polar surface area (TPSA) is 89.7 Å². The molecule has 0 aliphatic heterocycles. The summed E-state index contributed by atoms with van der Waals surface area (Å²) in [7, 11) is 0. The smallest absolute Gasteiger partial charge is 0.339 e. The molecule has 0 unspecified atom stereocenters. The maximum Gasteiger partial charge on any atom is 0.339 e. The summed E-state index contributed by atoms with van der Waals surface area (Å²) in [6.07, 6.45) is 20.7. The number of unbranched alkanes of at least 4 members (excludes halogenated alkanes) is 15. The molecule has 0 aromatic heterocycles. The largest absolute Gasteiger partial charge is 0.493 e. The van der Waals surface area contributed by atoms with Crippen LogP contribution in [0.1, 0.15) is 120 Å². The maximum absolute atomic E-state index is 11.3. The second-order valence-corrected chi connectivity index (χ2v) is 8.39. The van der Waals surface area contributed by atoms with Crippen LogP contribution in [0.4, 0.5) is 5.69 Å². The molecular formula is C25H41NO5. The molecule has 31 heavy (non-hydrogen) atoms. The highest BCUT2D eigenvalue weighted by molar-refractivity contribution is 5.91. The van der Waals surface area contributed by atoms with Crippen LogP contribution in [0.15, 0.2) is 18.2 Å². The summed E-state index contributed by atoms with van der Waals surface area (Å²) in [5.74, 6) is -1.02. The van der Waals surface area contributed by atoms with Crippen LogP contribution < -0.4 is 4.74 Å². The minimum Gasteiger partial charge on any atom is -0.493 e. The van der Waals surface area contributed by atoms with Gasteiger partial charge in [0.2, 0.25) is 0 Å². The molecule has 0 amide bonds. The van der Waals surface area contributed by atoms with E-state index in [0.29, 0.717) is 6.61 Å². The van der Waals surface area contributed by atoms with Gasteiger partial charge in [0.1, 0.15) is 11.3 Å². The summed E-state index contributed by atoms with van der Waals surface area (Å²) in [6.45, 7) is 2.69. The lowest BCUT2D eigenvalue weighted by Gasteiger charge is -2.09. The SMILES string of the molecule is CCCCCCCCCCCCCCCCCCOc1ccc([N+](=O)[O-])cc1C(=O)O. The number of benzene rings is 1. The average Bonchev–Trinajstić information content (AvgIpc) is 2.75. The molecule has 1 rings (SSSR count). The van der Waals surface area contributed by atoms with Crippen LogP contribution in [-0.4, -0.2) is 22.6 Å². The van der Waals surface area contributed by atoms with Crippen LogP contribution >= 0.6 is 0 Å². The van der Waals surface area contributed by atoms with Crippen molar-refractivity contribution in [3.05, 3.63) is 33.9 Å². The number of carboxylic acid groups (broad SMARTS) is 1. The van der Waals surface area contributed by atoms with Crippen LogP contribution in [0.2, 0.25) is 0 Å². The molecule has 0 fully saturated rings. The number of hydrogen-bond acceptors (Lipinski definition) is 4. The number of nitro benzene ring substituents is 1. The third-order valence-corrected chi connectivity index (χ3v) is 5.66. The van der Waals surface area contributed by atoms with Crippen molar-refractivity contribution in [3.63, 3.8) is 0 Å². The molecule has 6 heteroatoms. The van der Waals surface area contributed by atoms with E-state index in [4.69, 9.17) is 4.74 Å². The normalized spacial score (nSPS) is 10.9. The van der Waals surface area contributed by atoms with Gasteiger partial charge in [0.05, 0.1) is 11.5 Å². The van der Waals surface area contributed by atoms with E-state index < -0.39 is 10.9 Å². The zero-order chi connectivity index (χ0) is 22.7. The Hall–Kier alpha value is -2.11. The van der Waals surface area contributed by atoms with E-state index in [1.165, 1.54) is 95.6 Å². The fraction of sp³-hybridized carbons (Fsp3) is 0.720. The van der Waals surface area contributed by atoms with E-state index in [-0.39, 0.29) is 17.0 Å². The number of hydrogen-bond donors (Lipinski definition) is 1. The predicted molar refractivity (Wildman–Crippen MR) is 125 cm³/mol. The number of non-ortho nitro benzene ring substituents is 1. The van der Waals surface area contributed by atoms with E-state index in [0.717, 1.165) is 25.3 Å². The molecular weight excluding hydrogens is 394 g/mol. The van der Waals surface area contributed by atoms with Gasteiger partial charge in [-0.3, -0.25) is 10.1 Å². The zero-order valence-corrected chi connectivity index (χ0v) is 19.3. The molecule has 0 aliphatic carbocycles. The summed E-state index contributed by atoms with van der Waals surface area (Å²) in [5.41, 5.74) is -0.405. The third kappa shape index (κ3) is 13.0. The second kappa shape index (κ2) is 17.6. The number of nitrogens with zero attached hydrogens (tertiary/aromatic N) is 1. The van der Waals surface area contributed by atoms with Crippen molar-refractivity contribution < 1.29 is 19.6 Å². The maximum atomic E-state index is 11.3. The van der Waals surface area contributed by atoms with Gasteiger partial charge in [0.15, 0.2) is 0 Å². The van der Waals surface area contributed by atoms with Gasteiger partial charge in [-0.05, 0) is 12.5 Å². The van der Waals surface area contributed by atoms with E-state index in [1.54, 1.807) is 0 Å². The third-order valence-electron chi connectivity index (χ3n) is 5.66. The van der Waals surface area contributed by atoms with Gasteiger partial charge < -0.3 is 9.84 Å². The minimum absolute atomic E-state index is 0.161. The Morgan fingerprint density at radius 2 is 1.29 bits per heavy atom. The fourth-order valence-corrected chi connectivity index (χ4v) is 3.76. The van der Waals surface area contributed by atoms with Crippen LogP contribution in [0.25, 0.3) is 0 Å². The van der Waals surface area contributed by atoms with Gasteiger partial charge in [-0.1, -0.05) is 103 Å². The van der Waals surface area contributed by atoms with Crippen molar-refractivity contribution in [2.75, 3.05) is 6.61 Å². The zero-order valence-electron chi connectivity index (χ0n) is 19.3. The summed E-state index contributed by atoms with van der Waals surface area (Å²) >= 11 is 0. The highest BCUT2D eigenvalue weighted by atomic mass is 16.6. The van der Waals surface area contributed by atoms with E-state index in [2.05, 4.69) is 6.92 Å². The average molecular weight is 436 g/mol. The van der Waals surface area contributed by atoms with Crippen molar-refractivity contribution >= 4 is 11.7 Å². The number of aromatic carboxylic acids is 1. The molecule has 0 saturated heterocycles. The first-order valence-electron chi connectivity index (χ1n) is 12.2. The monoisotopic (exact) mass is 435 g/mol. The number of nitro groups is 1. The molecule has 0 atom stereocenters.